The molecule has 4 nitrogen and oxygen atoms in total. The summed E-state index contributed by atoms with van der Waals surface area (Å²) in [7, 11) is -3.80. The molecule has 0 aromatic rings. The van der Waals surface area contributed by atoms with Crippen molar-refractivity contribution in [3.63, 3.8) is 0 Å². The van der Waals surface area contributed by atoms with Gasteiger partial charge in [0.2, 0.25) is 0 Å². The van der Waals surface area contributed by atoms with Crippen molar-refractivity contribution in [2.45, 2.75) is 0 Å². The van der Waals surface area contributed by atoms with Gasteiger partial charge in [-0.1, -0.05) is 0 Å². The second-order valence-corrected chi connectivity index (χ2v) is 2.65. The first-order valence-corrected chi connectivity index (χ1v) is 3.32. The topological polar surface area (TPSA) is 80.4 Å². The molecule has 0 unspecified atom stereocenters. The van der Waals surface area contributed by atoms with Crippen LogP contribution < -0.4 is 5.73 Å². The van der Waals surface area contributed by atoms with Gasteiger partial charge in [-0.15, -0.1) is 0 Å². The molecule has 0 aliphatic rings. The van der Waals surface area contributed by atoms with Crippen molar-refractivity contribution in [2.75, 3.05) is 12.3 Å². The van der Waals surface area contributed by atoms with E-state index in [1.165, 1.54) is 0 Å². The Kier molecular flexibility index (Phi) is 6.15. The SMILES string of the molecule is NCCS(=O)(=O)O.[LiH]. The van der Waals surface area contributed by atoms with Crippen molar-refractivity contribution in [3.05, 3.63) is 0 Å². The number of hydrogen-bond donors (Lipinski definition) is 2. The molecule has 8 heavy (non-hydrogen) atoms. The first-order chi connectivity index (χ1) is 3.06. The Morgan fingerprint density at radius 1 is 1.50 bits per heavy atom. The molecule has 0 aromatic carbocycles. The molecule has 0 aromatic heterocycles. The predicted molar refractivity (Wildman–Crippen MR) is 32.6 cm³/mol. The third-order valence-electron chi connectivity index (χ3n) is 0.376. The molecule has 0 spiro atoms. The summed E-state index contributed by atoms with van der Waals surface area (Å²) < 4.78 is 27.3. The van der Waals surface area contributed by atoms with E-state index in [1.54, 1.807) is 0 Å². The molecule has 0 atom stereocenters. The maximum atomic E-state index is 9.71. The van der Waals surface area contributed by atoms with Crippen molar-refractivity contribution in [1.29, 1.82) is 0 Å². The number of rotatable bonds is 2. The number of nitrogens with two attached hydrogens (primary N) is 1. The summed E-state index contributed by atoms with van der Waals surface area (Å²) in [6, 6.07) is 0. The summed E-state index contributed by atoms with van der Waals surface area (Å²) in [5.41, 5.74) is 4.78. The molecular formula is C2H8LiNO3S. The third-order valence-corrected chi connectivity index (χ3v) is 1.13. The molecule has 3 N–H and O–H groups in total. The van der Waals surface area contributed by atoms with Crippen LogP contribution in [0.3, 0.4) is 0 Å². The van der Waals surface area contributed by atoms with Crippen LogP contribution >= 0.6 is 0 Å². The van der Waals surface area contributed by atoms with Crippen LogP contribution in [-0.2, 0) is 10.1 Å². The summed E-state index contributed by atoms with van der Waals surface area (Å²) >= 11 is 0. The molecule has 0 radical (unpaired) electrons. The van der Waals surface area contributed by atoms with Crippen molar-refractivity contribution in [3.8, 4) is 0 Å². The van der Waals surface area contributed by atoms with Crippen LogP contribution in [0.1, 0.15) is 0 Å². The van der Waals surface area contributed by atoms with Crippen LogP contribution in [0.4, 0.5) is 0 Å². The molecule has 0 heterocycles. The van der Waals surface area contributed by atoms with Gasteiger partial charge in [0.25, 0.3) is 10.1 Å². The van der Waals surface area contributed by atoms with E-state index >= 15 is 0 Å². The third kappa shape index (κ3) is 9.69. The molecule has 0 fully saturated rings. The van der Waals surface area contributed by atoms with E-state index in [0.29, 0.717) is 0 Å². The van der Waals surface area contributed by atoms with Crippen molar-refractivity contribution in [1.82, 2.24) is 0 Å². The molecule has 0 saturated heterocycles. The minimum absolute atomic E-state index is 0. The van der Waals surface area contributed by atoms with Crippen LogP contribution in [0.25, 0.3) is 0 Å². The van der Waals surface area contributed by atoms with E-state index < -0.39 is 10.1 Å². The molecule has 46 valence electrons. The van der Waals surface area contributed by atoms with E-state index in [2.05, 4.69) is 0 Å². The molecule has 0 aliphatic heterocycles. The van der Waals surface area contributed by atoms with Crippen molar-refractivity contribution in [2.24, 2.45) is 5.73 Å². The fourth-order valence-electron chi connectivity index (χ4n) is 0.149. The first kappa shape index (κ1) is 11.3. The molecule has 0 bridgehead atoms. The molecular weight excluding hydrogens is 125 g/mol. The van der Waals surface area contributed by atoms with E-state index in [-0.39, 0.29) is 31.2 Å². The Morgan fingerprint density at radius 2 is 1.88 bits per heavy atom. The van der Waals surface area contributed by atoms with E-state index in [9.17, 15) is 8.42 Å². The second kappa shape index (κ2) is 4.36. The van der Waals surface area contributed by atoms with Gasteiger partial charge in [-0.2, -0.15) is 8.42 Å². The summed E-state index contributed by atoms with van der Waals surface area (Å²) in [5, 5.41) is 0. The van der Waals surface area contributed by atoms with E-state index in [0.717, 1.165) is 0 Å². The fourth-order valence-corrected chi connectivity index (χ4v) is 0.447. The Hall–Kier alpha value is 0.467. The first-order valence-electron chi connectivity index (χ1n) is 1.71. The van der Waals surface area contributed by atoms with Crippen molar-refractivity contribution < 1.29 is 13.0 Å². The van der Waals surface area contributed by atoms with Crippen LogP contribution in [0.5, 0.6) is 0 Å². The quantitative estimate of drug-likeness (QED) is 0.343. The van der Waals surface area contributed by atoms with Crippen LogP contribution in [0.2, 0.25) is 0 Å². The van der Waals surface area contributed by atoms with E-state index in [1.807, 2.05) is 0 Å². The Balaban J connectivity index is 0. The van der Waals surface area contributed by atoms with Gasteiger partial charge in [0.05, 0.1) is 5.75 Å². The zero-order valence-corrected chi connectivity index (χ0v) is 4.48. The summed E-state index contributed by atoms with van der Waals surface area (Å²) in [6.07, 6.45) is 0. The van der Waals surface area contributed by atoms with Gasteiger partial charge in [-0.25, -0.2) is 0 Å². The maximum absolute atomic E-state index is 9.71. The van der Waals surface area contributed by atoms with Crippen LogP contribution in [0, 0.1) is 0 Å². The summed E-state index contributed by atoms with van der Waals surface area (Å²) in [6.45, 7) is -0.0289. The molecule has 6 heteroatoms. The van der Waals surface area contributed by atoms with Gasteiger partial charge >= 0.3 is 18.9 Å². The Bertz CT molecular complexity index is 130. The Labute approximate surface area is 60.4 Å². The molecule has 0 saturated carbocycles. The van der Waals surface area contributed by atoms with Gasteiger partial charge < -0.3 is 5.73 Å². The zero-order chi connectivity index (χ0) is 5.91. The standard InChI is InChI=1S/C2H7NO3S.Li.H/c3-1-2-7(4,5)6;;/h1-3H2,(H,4,5,6);;. The Morgan fingerprint density at radius 3 is 1.88 bits per heavy atom. The summed E-state index contributed by atoms with van der Waals surface area (Å²) in [4.78, 5) is 0. The normalized spacial score (nSPS) is 10.2. The van der Waals surface area contributed by atoms with Crippen LogP contribution in [-0.4, -0.2) is 44.1 Å². The van der Waals surface area contributed by atoms with E-state index in [4.69, 9.17) is 10.3 Å². The van der Waals surface area contributed by atoms with Gasteiger partial charge in [-0.05, 0) is 0 Å². The van der Waals surface area contributed by atoms with Gasteiger partial charge in [0.1, 0.15) is 0 Å². The van der Waals surface area contributed by atoms with Crippen molar-refractivity contribution >= 4 is 29.0 Å². The fraction of sp³-hybridized carbons (Fsp3) is 1.00. The van der Waals surface area contributed by atoms with Crippen LogP contribution in [0.15, 0.2) is 0 Å². The van der Waals surface area contributed by atoms with Gasteiger partial charge in [0.15, 0.2) is 0 Å². The monoisotopic (exact) mass is 133 g/mol. The summed E-state index contributed by atoms with van der Waals surface area (Å²) in [5.74, 6) is -0.354. The average Bonchev–Trinajstić information content (AvgIpc) is 1.30. The van der Waals surface area contributed by atoms with Gasteiger partial charge in [0, 0.05) is 6.54 Å². The molecule has 0 rings (SSSR count). The number of hydrogen-bond acceptors (Lipinski definition) is 3. The minimum atomic E-state index is -3.80. The average molecular weight is 133 g/mol. The zero-order valence-electron chi connectivity index (χ0n) is 3.66. The molecule has 0 amide bonds. The predicted octanol–water partition coefficient (Wildman–Crippen LogP) is -1.82. The van der Waals surface area contributed by atoms with Gasteiger partial charge in [-0.3, -0.25) is 4.55 Å². The molecule has 0 aliphatic carbocycles. The second-order valence-electron chi connectivity index (χ2n) is 1.07.